The number of aryl methyl sites for hydroxylation is 3. The van der Waals surface area contributed by atoms with E-state index in [-0.39, 0.29) is 29.7 Å². The van der Waals surface area contributed by atoms with Crippen LogP contribution in [0.25, 0.3) is 0 Å². The Morgan fingerprint density at radius 3 is 2.36 bits per heavy atom. The molecule has 5 nitrogen and oxygen atoms in total. The number of hydrogen-bond donors (Lipinski definition) is 1. The quantitative estimate of drug-likeness (QED) is 0.842. The Morgan fingerprint density at radius 1 is 1.11 bits per heavy atom. The van der Waals surface area contributed by atoms with Crippen LogP contribution < -0.4 is 5.32 Å². The summed E-state index contributed by atoms with van der Waals surface area (Å²) >= 11 is 6.19. The van der Waals surface area contributed by atoms with E-state index in [4.69, 9.17) is 16.0 Å². The van der Waals surface area contributed by atoms with E-state index >= 15 is 0 Å². The molecule has 28 heavy (non-hydrogen) atoms. The van der Waals surface area contributed by atoms with Gasteiger partial charge in [0.2, 0.25) is 0 Å². The van der Waals surface area contributed by atoms with Gasteiger partial charge in [0.1, 0.15) is 11.5 Å². The summed E-state index contributed by atoms with van der Waals surface area (Å²) in [7, 11) is 0. The second-order valence-corrected chi connectivity index (χ2v) is 8.50. The number of nitrogens with zero attached hydrogens (tertiary/aromatic N) is 1. The number of benzene rings is 1. The van der Waals surface area contributed by atoms with E-state index in [1.165, 1.54) is 0 Å². The standard InChI is InChI=1S/C22H25ClN2O3/c1-12-4-5-15(9-19(12)23)22(27)25-10-16-6-7-17(11-25)20(16)24-21(26)18-8-13(2)28-14(18)3/h4-5,8-9,16-17,20H,6-7,10-11H2,1-3H3,(H,24,26)/t16-,17+,20?. The molecule has 0 spiro atoms. The van der Waals surface area contributed by atoms with Gasteiger partial charge in [-0.05, 0) is 69.2 Å². The van der Waals surface area contributed by atoms with E-state index in [0.717, 1.165) is 24.2 Å². The molecule has 2 aliphatic rings. The van der Waals surface area contributed by atoms with E-state index in [1.807, 2.05) is 37.8 Å². The van der Waals surface area contributed by atoms with Crippen molar-refractivity contribution in [2.24, 2.45) is 11.8 Å². The Morgan fingerprint density at radius 2 is 1.79 bits per heavy atom. The number of hydrogen-bond acceptors (Lipinski definition) is 3. The zero-order chi connectivity index (χ0) is 20.0. The van der Waals surface area contributed by atoms with Gasteiger partial charge < -0.3 is 14.6 Å². The minimum Gasteiger partial charge on any atom is -0.466 e. The molecule has 2 bridgehead atoms. The summed E-state index contributed by atoms with van der Waals surface area (Å²) in [4.78, 5) is 27.6. The van der Waals surface area contributed by atoms with E-state index in [2.05, 4.69) is 5.32 Å². The summed E-state index contributed by atoms with van der Waals surface area (Å²) in [6.07, 6.45) is 2.05. The van der Waals surface area contributed by atoms with Crippen molar-refractivity contribution in [2.45, 2.75) is 39.7 Å². The number of carbonyl (C=O) groups excluding carboxylic acids is 2. The molecule has 1 unspecified atom stereocenters. The van der Waals surface area contributed by atoms with Crippen LogP contribution in [0.3, 0.4) is 0 Å². The highest BCUT2D eigenvalue weighted by atomic mass is 35.5. The van der Waals surface area contributed by atoms with Crippen molar-refractivity contribution in [3.05, 3.63) is 57.5 Å². The molecule has 3 atom stereocenters. The summed E-state index contributed by atoms with van der Waals surface area (Å²) in [6, 6.07) is 7.36. The number of likely N-dealkylation sites (tertiary alicyclic amines) is 1. The predicted octanol–water partition coefficient (Wildman–Crippen LogP) is 4.14. The molecule has 148 valence electrons. The molecular weight excluding hydrogens is 376 g/mol. The maximum Gasteiger partial charge on any atom is 0.255 e. The van der Waals surface area contributed by atoms with Gasteiger partial charge in [0.25, 0.3) is 11.8 Å². The number of fused-ring (bicyclic) bond motifs is 2. The molecule has 1 aromatic carbocycles. The fourth-order valence-corrected chi connectivity index (χ4v) is 4.80. The van der Waals surface area contributed by atoms with Crippen molar-refractivity contribution in [2.75, 3.05) is 13.1 Å². The number of halogens is 1. The van der Waals surface area contributed by atoms with Gasteiger partial charge in [0.15, 0.2) is 0 Å². The average Bonchev–Trinajstić information content (AvgIpc) is 3.09. The lowest BCUT2D eigenvalue weighted by Gasteiger charge is -2.38. The smallest absolute Gasteiger partial charge is 0.255 e. The highest BCUT2D eigenvalue weighted by molar-refractivity contribution is 6.31. The van der Waals surface area contributed by atoms with Crippen LogP contribution in [0.5, 0.6) is 0 Å². The third-order valence-electron chi connectivity index (χ3n) is 6.12. The lowest BCUT2D eigenvalue weighted by molar-refractivity contribution is 0.0598. The molecule has 1 aliphatic heterocycles. The monoisotopic (exact) mass is 400 g/mol. The van der Waals surface area contributed by atoms with Crippen LogP contribution >= 0.6 is 11.6 Å². The Kier molecular flexibility index (Phi) is 4.96. The maximum absolute atomic E-state index is 12.9. The van der Waals surface area contributed by atoms with Crippen LogP contribution in [0, 0.1) is 32.6 Å². The van der Waals surface area contributed by atoms with Crippen molar-refractivity contribution in [1.29, 1.82) is 0 Å². The Bertz CT molecular complexity index is 922. The molecule has 4 rings (SSSR count). The molecule has 2 fully saturated rings. The van der Waals surface area contributed by atoms with Gasteiger partial charge in [-0.15, -0.1) is 0 Å². The van der Waals surface area contributed by atoms with Gasteiger partial charge >= 0.3 is 0 Å². The molecular formula is C22H25ClN2O3. The summed E-state index contributed by atoms with van der Waals surface area (Å²) in [5.74, 6) is 1.88. The van der Waals surface area contributed by atoms with Crippen molar-refractivity contribution >= 4 is 23.4 Å². The fraction of sp³-hybridized carbons (Fsp3) is 0.455. The van der Waals surface area contributed by atoms with Crippen molar-refractivity contribution < 1.29 is 14.0 Å². The second kappa shape index (κ2) is 7.28. The van der Waals surface area contributed by atoms with Crippen LogP contribution in [0.2, 0.25) is 5.02 Å². The molecule has 1 N–H and O–H groups in total. The van der Waals surface area contributed by atoms with E-state index in [1.54, 1.807) is 12.1 Å². The van der Waals surface area contributed by atoms with Crippen molar-refractivity contribution in [1.82, 2.24) is 10.2 Å². The highest BCUT2D eigenvalue weighted by Crippen LogP contribution is 2.38. The van der Waals surface area contributed by atoms with Crippen LogP contribution in [-0.4, -0.2) is 35.8 Å². The molecule has 1 saturated heterocycles. The van der Waals surface area contributed by atoms with Crippen LogP contribution in [0.4, 0.5) is 0 Å². The number of carbonyl (C=O) groups is 2. The maximum atomic E-state index is 12.9. The Hall–Kier alpha value is -2.27. The minimum atomic E-state index is -0.0821. The first-order chi connectivity index (χ1) is 13.3. The Labute approximate surface area is 170 Å². The van der Waals surface area contributed by atoms with Crippen LogP contribution in [0.15, 0.2) is 28.7 Å². The number of furan rings is 1. The second-order valence-electron chi connectivity index (χ2n) is 8.10. The third-order valence-corrected chi connectivity index (χ3v) is 6.53. The van der Waals surface area contributed by atoms with Gasteiger partial charge in [-0.2, -0.15) is 0 Å². The first-order valence-electron chi connectivity index (χ1n) is 9.77. The van der Waals surface area contributed by atoms with Gasteiger partial charge in [-0.1, -0.05) is 17.7 Å². The molecule has 2 amide bonds. The number of piperidine rings is 1. The predicted molar refractivity (Wildman–Crippen MR) is 108 cm³/mol. The van der Waals surface area contributed by atoms with Gasteiger partial charge in [0, 0.05) is 29.7 Å². The highest BCUT2D eigenvalue weighted by Gasteiger charge is 2.44. The first-order valence-corrected chi connectivity index (χ1v) is 10.1. The topological polar surface area (TPSA) is 62.6 Å². The average molecular weight is 401 g/mol. The fourth-order valence-electron chi connectivity index (χ4n) is 4.62. The third kappa shape index (κ3) is 3.44. The normalized spacial score (nSPS) is 23.7. The number of rotatable bonds is 3. The van der Waals surface area contributed by atoms with Gasteiger partial charge in [-0.3, -0.25) is 9.59 Å². The molecule has 2 aromatic rings. The number of amides is 2. The summed E-state index contributed by atoms with van der Waals surface area (Å²) < 4.78 is 5.49. The van der Waals surface area contributed by atoms with Gasteiger partial charge in [-0.25, -0.2) is 0 Å². The van der Waals surface area contributed by atoms with E-state index < -0.39 is 0 Å². The molecule has 1 aromatic heterocycles. The van der Waals surface area contributed by atoms with Gasteiger partial charge in [0.05, 0.1) is 5.56 Å². The summed E-state index contributed by atoms with van der Waals surface area (Å²) in [5, 5.41) is 3.82. The zero-order valence-corrected chi connectivity index (χ0v) is 17.2. The minimum absolute atomic E-state index is 0.0184. The largest absolute Gasteiger partial charge is 0.466 e. The number of nitrogens with one attached hydrogen (secondary N) is 1. The lowest BCUT2D eigenvalue weighted by Crippen LogP contribution is -2.54. The molecule has 2 heterocycles. The molecule has 1 saturated carbocycles. The SMILES string of the molecule is Cc1cc(C(=O)NC2[C@@H]3CC[C@H]2CN(C(=O)c2ccc(C)c(Cl)c2)C3)c(C)o1. The van der Waals surface area contributed by atoms with Crippen molar-refractivity contribution in [3.8, 4) is 0 Å². The van der Waals surface area contributed by atoms with E-state index in [0.29, 0.717) is 35.0 Å². The lowest BCUT2D eigenvalue weighted by atomic mass is 9.91. The van der Waals surface area contributed by atoms with Crippen LogP contribution in [0.1, 0.15) is 50.6 Å². The molecule has 0 radical (unpaired) electrons. The first kappa shape index (κ1) is 19.1. The van der Waals surface area contributed by atoms with E-state index in [9.17, 15) is 9.59 Å². The molecule has 1 aliphatic carbocycles. The zero-order valence-electron chi connectivity index (χ0n) is 16.4. The summed E-state index contributed by atoms with van der Waals surface area (Å²) in [6.45, 7) is 6.90. The molecule has 6 heteroatoms. The van der Waals surface area contributed by atoms with Crippen LogP contribution in [-0.2, 0) is 0 Å². The Balaban J connectivity index is 1.45. The summed E-state index contributed by atoms with van der Waals surface area (Å²) in [5.41, 5.74) is 2.19. The van der Waals surface area contributed by atoms with Crippen molar-refractivity contribution in [3.63, 3.8) is 0 Å².